The predicted octanol–water partition coefficient (Wildman–Crippen LogP) is 2.56. The fourth-order valence-corrected chi connectivity index (χ4v) is 1.62. The maximum absolute atomic E-state index is 11.8. The molecule has 2 rings (SSSR count). The summed E-state index contributed by atoms with van der Waals surface area (Å²) in [7, 11) is 0. The van der Waals surface area contributed by atoms with E-state index in [4.69, 9.17) is 4.42 Å². The van der Waals surface area contributed by atoms with E-state index in [-0.39, 0.29) is 11.7 Å². The fourth-order valence-electron chi connectivity index (χ4n) is 1.62. The SMILES string of the molecule is C=CC(=O)C(c1cccnc1)c1ccoc1. The number of carbonyl (C=O) groups is 1. The molecule has 2 aromatic heterocycles. The van der Waals surface area contributed by atoms with Gasteiger partial charge >= 0.3 is 0 Å². The van der Waals surface area contributed by atoms with Crippen LogP contribution in [-0.4, -0.2) is 10.8 Å². The van der Waals surface area contributed by atoms with Gasteiger partial charge in [-0.15, -0.1) is 0 Å². The fraction of sp³-hybridized carbons (Fsp3) is 0.0769. The van der Waals surface area contributed by atoms with Crippen LogP contribution in [0.4, 0.5) is 0 Å². The van der Waals surface area contributed by atoms with Crippen LogP contribution in [0.1, 0.15) is 17.0 Å². The van der Waals surface area contributed by atoms with Crippen molar-refractivity contribution in [2.75, 3.05) is 0 Å². The van der Waals surface area contributed by atoms with Gasteiger partial charge in [0.05, 0.1) is 18.4 Å². The van der Waals surface area contributed by atoms with Crippen molar-refractivity contribution < 1.29 is 9.21 Å². The topological polar surface area (TPSA) is 43.1 Å². The lowest BCUT2D eigenvalue weighted by Gasteiger charge is -2.11. The maximum Gasteiger partial charge on any atom is 0.167 e. The Kier molecular flexibility index (Phi) is 2.96. The zero-order chi connectivity index (χ0) is 11.4. The summed E-state index contributed by atoms with van der Waals surface area (Å²) < 4.78 is 5.00. The summed E-state index contributed by atoms with van der Waals surface area (Å²) in [5, 5.41) is 0. The van der Waals surface area contributed by atoms with Crippen LogP contribution in [-0.2, 0) is 4.79 Å². The van der Waals surface area contributed by atoms with Gasteiger partial charge in [-0.3, -0.25) is 9.78 Å². The van der Waals surface area contributed by atoms with Gasteiger partial charge in [0.1, 0.15) is 0 Å². The van der Waals surface area contributed by atoms with E-state index in [2.05, 4.69) is 11.6 Å². The summed E-state index contributed by atoms with van der Waals surface area (Å²) >= 11 is 0. The number of hydrogen-bond donors (Lipinski definition) is 0. The molecule has 0 aliphatic heterocycles. The molecular weight excluding hydrogens is 202 g/mol. The molecule has 0 aliphatic rings. The highest BCUT2D eigenvalue weighted by molar-refractivity contribution is 5.97. The maximum atomic E-state index is 11.8. The quantitative estimate of drug-likeness (QED) is 0.733. The molecule has 1 unspecified atom stereocenters. The number of furan rings is 1. The Balaban J connectivity index is 2.44. The molecule has 3 nitrogen and oxygen atoms in total. The molecule has 0 aliphatic carbocycles. The average molecular weight is 213 g/mol. The summed E-state index contributed by atoms with van der Waals surface area (Å²) in [6.07, 6.45) is 7.80. The first-order valence-corrected chi connectivity index (χ1v) is 4.91. The van der Waals surface area contributed by atoms with Gasteiger partial charge < -0.3 is 4.42 Å². The molecule has 3 heteroatoms. The third-order valence-electron chi connectivity index (χ3n) is 2.38. The standard InChI is InChI=1S/C13H11NO2/c1-2-12(15)13(11-5-7-16-9-11)10-4-3-6-14-8-10/h2-9,13H,1H2. The van der Waals surface area contributed by atoms with Crippen LogP contribution in [0, 0.1) is 0 Å². The molecule has 0 spiro atoms. The molecule has 0 radical (unpaired) electrons. The third kappa shape index (κ3) is 1.93. The van der Waals surface area contributed by atoms with E-state index in [1.165, 1.54) is 6.08 Å². The zero-order valence-corrected chi connectivity index (χ0v) is 8.67. The van der Waals surface area contributed by atoms with Crippen LogP contribution < -0.4 is 0 Å². The second-order valence-electron chi connectivity index (χ2n) is 3.38. The molecule has 1 atom stereocenters. The Morgan fingerprint density at radius 1 is 1.44 bits per heavy atom. The number of pyridine rings is 1. The predicted molar refractivity (Wildman–Crippen MR) is 60.0 cm³/mol. The van der Waals surface area contributed by atoms with Gasteiger partial charge in [0.2, 0.25) is 0 Å². The molecule has 2 aromatic rings. The third-order valence-corrected chi connectivity index (χ3v) is 2.38. The van der Waals surface area contributed by atoms with Gasteiger partial charge in [-0.2, -0.15) is 0 Å². The van der Waals surface area contributed by atoms with Crippen molar-refractivity contribution in [2.45, 2.75) is 5.92 Å². The highest BCUT2D eigenvalue weighted by Crippen LogP contribution is 2.25. The molecule has 0 bridgehead atoms. The lowest BCUT2D eigenvalue weighted by atomic mass is 9.90. The van der Waals surface area contributed by atoms with Crippen LogP contribution in [0.5, 0.6) is 0 Å². The second-order valence-corrected chi connectivity index (χ2v) is 3.38. The van der Waals surface area contributed by atoms with Crippen molar-refractivity contribution >= 4 is 5.78 Å². The van der Waals surface area contributed by atoms with E-state index in [0.717, 1.165) is 11.1 Å². The molecule has 16 heavy (non-hydrogen) atoms. The van der Waals surface area contributed by atoms with Crippen LogP contribution in [0.15, 0.2) is 60.2 Å². The van der Waals surface area contributed by atoms with E-state index in [9.17, 15) is 4.79 Å². The summed E-state index contributed by atoms with van der Waals surface area (Å²) in [5.74, 6) is -0.431. The lowest BCUT2D eigenvalue weighted by Crippen LogP contribution is -2.10. The monoisotopic (exact) mass is 213 g/mol. The molecule has 0 aromatic carbocycles. The van der Waals surface area contributed by atoms with Crippen LogP contribution >= 0.6 is 0 Å². The van der Waals surface area contributed by atoms with Gasteiger partial charge in [-0.1, -0.05) is 12.6 Å². The lowest BCUT2D eigenvalue weighted by molar-refractivity contribution is -0.115. The van der Waals surface area contributed by atoms with Gasteiger partial charge in [0, 0.05) is 18.0 Å². The number of hydrogen-bond acceptors (Lipinski definition) is 3. The van der Waals surface area contributed by atoms with Crippen LogP contribution in [0.2, 0.25) is 0 Å². The average Bonchev–Trinajstić information content (AvgIpc) is 2.84. The second kappa shape index (κ2) is 4.57. The number of carbonyl (C=O) groups excluding carboxylic acids is 1. The first-order chi connectivity index (χ1) is 7.83. The summed E-state index contributed by atoms with van der Waals surface area (Å²) in [6.45, 7) is 3.52. The minimum absolute atomic E-state index is 0.0607. The molecular formula is C13H11NO2. The number of aromatic nitrogens is 1. The largest absolute Gasteiger partial charge is 0.472 e. The first-order valence-electron chi connectivity index (χ1n) is 4.91. The van der Waals surface area contributed by atoms with Crippen molar-refractivity contribution in [1.29, 1.82) is 0 Å². The Morgan fingerprint density at radius 3 is 2.88 bits per heavy atom. The molecule has 2 heterocycles. The van der Waals surface area contributed by atoms with Crippen molar-refractivity contribution in [2.24, 2.45) is 0 Å². The van der Waals surface area contributed by atoms with E-state index >= 15 is 0 Å². The van der Waals surface area contributed by atoms with E-state index in [1.807, 2.05) is 6.07 Å². The minimum atomic E-state index is -0.370. The molecule has 0 fully saturated rings. The molecule has 80 valence electrons. The summed E-state index contributed by atoms with van der Waals surface area (Å²) in [4.78, 5) is 15.8. The summed E-state index contributed by atoms with van der Waals surface area (Å²) in [6, 6.07) is 5.45. The molecule has 0 saturated heterocycles. The highest BCUT2D eigenvalue weighted by Gasteiger charge is 2.21. The normalized spacial score (nSPS) is 12.0. The Labute approximate surface area is 93.4 Å². The molecule has 0 saturated carbocycles. The Morgan fingerprint density at radius 2 is 2.31 bits per heavy atom. The van der Waals surface area contributed by atoms with E-state index < -0.39 is 0 Å². The first kappa shape index (κ1) is 10.4. The molecule has 0 N–H and O–H groups in total. The zero-order valence-electron chi connectivity index (χ0n) is 8.67. The van der Waals surface area contributed by atoms with Gasteiger partial charge in [-0.25, -0.2) is 0 Å². The van der Waals surface area contributed by atoms with Gasteiger partial charge in [0.15, 0.2) is 5.78 Å². The molecule has 0 amide bonds. The number of ketones is 1. The van der Waals surface area contributed by atoms with Crippen LogP contribution in [0.25, 0.3) is 0 Å². The van der Waals surface area contributed by atoms with Crippen molar-refractivity contribution in [3.63, 3.8) is 0 Å². The smallest absolute Gasteiger partial charge is 0.167 e. The van der Waals surface area contributed by atoms with Crippen LogP contribution in [0.3, 0.4) is 0 Å². The Bertz CT molecular complexity index is 474. The number of rotatable bonds is 4. The van der Waals surface area contributed by atoms with E-state index in [1.54, 1.807) is 37.1 Å². The van der Waals surface area contributed by atoms with Gasteiger partial charge in [-0.05, 0) is 23.8 Å². The summed E-state index contributed by atoms with van der Waals surface area (Å²) in [5.41, 5.74) is 1.66. The van der Waals surface area contributed by atoms with Crippen molar-refractivity contribution in [1.82, 2.24) is 4.98 Å². The minimum Gasteiger partial charge on any atom is -0.472 e. The number of allylic oxidation sites excluding steroid dienone is 1. The number of nitrogens with zero attached hydrogens (tertiary/aromatic N) is 1. The Hall–Kier alpha value is -2.16. The van der Waals surface area contributed by atoms with Crippen molar-refractivity contribution in [3.05, 3.63) is 66.9 Å². The highest BCUT2D eigenvalue weighted by atomic mass is 16.3. The van der Waals surface area contributed by atoms with Crippen molar-refractivity contribution in [3.8, 4) is 0 Å². The van der Waals surface area contributed by atoms with E-state index in [0.29, 0.717) is 0 Å². The van der Waals surface area contributed by atoms with Gasteiger partial charge in [0.25, 0.3) is 0 Å².